The third kappa shape index (κ3) is 4.48. The topological polar surface area (TPSA) is 66.5 Å². The van der Waals surface area contributed by atoms with E-state index in [1.54, 1.807) is 17.0 Å². The van der Waals surface area contributed by atoms with E-state index in [4.69, 9.17) is 0 Å². The van der Waals surface area contributed by atoms with Crippen LogP contribution in [0.5, 0.6) is 0 Å². The molecule has 1 aliphatic carbocycles. The van der Waals surface area contributed by atoms with Crippen molar-refractivity contribution in [3.05, 3.63) is 65.7 Å². The lowest BCUT2D eigenvalue weighted by Crippen LogP contribution is -2.50. The molecule has 4 rings (SSSR count). The average Bonchev–Trinajstić information content (AvgIpc) is 3.49. The summed E-state index contributed by atoms with van der Waals surface area (Å²) in [4.78, 5) is 14.4. The minimum absolute atomic E-state index is 0.00831. The molecule has 0 aromatic heterocycles. The number of hydrogen-bond donors (Lipinski definition) is 1. The fourth-order valence-corrected chi connectivity index (χ4v) is 5.27. The van der Waals surface area contributed by atoms with Gasteiger partial charge in [0.15, 0.2) is 0 Å². The summed E-state index contributed by atoms with van der Waals surface area (Å²) >= 11 is 0. The number of halogens is 2. The van der Waals surface area contributed by atoms with Crippen LogP contribution in [0.3, 0.4) is 0 Å². The van der Waals surface area contributed by atoms with Gasteiger partial charge in [0.2, 0.25) is 15.9 Å². The number of carbonyl (C=O) groups excluding carboxylic acids is 1. The summed E-state index contributed by atoms with van der Waals surface area (Å²) in [6.45, 7) is 0.879. The van der Waals surface area contributed by atoms with Crippen LogP contribution in [0.25, 0.3) is 0 Å². The van der Waals surface area contributed by atoms with Crippen molar-refractivity contribution in [2.24, 2.45) is 5.92 Å². The third-order valence-electron chi connectivity index (χ3n) is 5.57. The number of hydrogen-bond acceptors (Lipinski definition) is 3. The predicted octanol–water partition coefficient (Wildman–Crippen LogP) is 3.04. The van der Waals surface area contributed by atoms with E-state index in [0.29, 0.717) is 25.9 Å². The molecule has 2 aromatic rings. The Morgan fingerprint density at radius 1 is 1.07 bits per heavy atom. The normalized spacial score (nSPS) is 24.3. The van der Waals surface area contributed by atoms with Crippen molar-refractivity contribution in [1.82, 2.24) is 9.62 Å². The summed E-state index contributed by atoms with van der Waals surface area (Å²) in [6, 6.07) is 10.7. The van der Waals surface area contributed by atoms with Crippen molar-refractivity contribution in [3.8, 4) is 0 Å². The first-order valence-electron chi connectivity index (χ1n) is 9.65. The molecule has 2 aliphatic rings. The zero-order chi connectivity index (χ0) is 20.6. The molecule has 0 radical (unpaired) electrons. The Balaban J connectivity index is 1.38. The quantitative estimate of drug-likeness (QED) is 0.809. The number of likely N-dealkylation sites (tertiary alicyclic amines) is 1. The molecule has 8 heteroatoms. The standard InChI is InChI=1S/C21H22F2N2O3S/c22-15-8-6-14(7-9-15)19-12-20(19)21(26)25-10-2-4-17(13-25)24-29(27,28)18-5-1-3-16(23)11-18/h1,3,5-9,11,17,19-20,24H,2,4,10,12-13H2. The highest BCUT2D eigenvalue weighted by Gasteiger charge is 2.46. The van der Waals surface area contributed by atoms with Gasteiger partial charge in [0.25, 0.3) is 0 Å². The van der Waals surface area contributed by atoms with Crippen LogP contribution < -0.4 is 4.72 Å². The maximum atomic E-state index is 13.4. The Hall–Kier alpha value is -2.32. The molecule has 1 saturated carbocycles. The van der Waals surface area contributed by atoms with Crippen LogP contribution in [0.15, 0.2) is 53.4 Å². The Morgan fingerprint density at radius 3 is 2.55 bits per heavy atom. The van der Waals surface area contributed by atoms with Crippen molar-refractivity contribution < 1.29 is 22.0 Å². The number of carbonyl (C=O) groups is 1. The van der Waals surface area contributed by atoms with E-state index in [-0.39, 0.29) is 28.5 Å². The van der Waals surface area contributed by atoms with Gasteiger partial charge in [-0.1, -0.05) is 18.2 Å². The van der Waals surface area contributed by atoms with Gasteiger partial charge in [-0.3, -0.25) is 4.79 Å². The van der Waals surface area contributed by atoms with Crippen LogP contribution >= 0.6 is 0 Å². The highest BCUT2D eigenvalue weighted by atomic mass is 32.2. The van der Waals surface area contributed by atoms with Gasteiger partial charge in [-0.2, -0.15) is 0 Å². The van der Waals surface area contributed by atoms with E-state index in [0.717, 1.165) is 18.1 Å². The summed E-state index contributed by atoms with van der Waals surface area (Å²) in [5.74, 6) is -0.962. The van der Waals surface area contributed by atoms with Crippen molar-refractivity contribution in [2.75, 3.05) is 13.1 Å². The van der Waals surface area contributed by atoms with E-state index in [1.165, 1.54) is 30.3 Å². The smallest absolute Gasteiger partial charge is 0.240 e. The lowest BCUT2D eigenvalue weighted by molar-refractivity contribution is -0.133. The third-order valence-corrected chi connectivity index (χ3v) is 7.09. The Bertz CT molecular complexity index is 1010. The number of amides is 1. The number of benzene rings is 2. The van der Waals surface area contributed by atoms with E-state index in [9.17, 15) is 22.0 Å². The zero-order valence-electron chi connectivity index (χ0n) is 15.7. The van der Waals surface area contributed by atoms with Crippen LogP contribution in [0, 0.1) is 17.6 Å². The van der Waals surface area contributed by atoms with Gasteiger partial charge >= 0.3 is 0 Å². The summed E-state index contributed by atoms with van der Waals surface area (Å²) in [5.41, 5.74) is 0.949. The zero-order valence-corrected chi connectivity index (χ0v) is 16.5. The second-order valence-electron chi connectivity index (χ2n) is 7.70. The van der Waals surface area contributed by atoms with Crippen LogP contribution in [0.4, 0.5) is 8.78 Å². The average molecular weight is 420 g/mol. The van der Waals surface area contributed by atoms with E-state index >= 15 is 0 Å². The second-order valence-corrected chi connectivity index (χ2v) is 9.42. The summed E-state index contributed by atoms with van der Waals surface area (Å²) in [5, 5.41) is 0. The van der Waals surface area contributed by atoms with Crippen LogP contribution in [0.2, 0.25) is 0 Å². The van der Waals surface area contributed by atoms with Gasteiger partial charge in [0.05, 0.1) is 4.90 Å². The van der Waals surface area contributed by atoms with Crippen molar-refractivity contribution in [1.29, 1.82) is 0 Å². The minimum Gasteiger partial charge on any atom is -0.341 e. The number of rotatable bonds is 5. The largest absolute Gasteiger partial charge is 0.341 e. The molecule has 1 aliphatic heterocycles. The van der Waals surface area contributed by atoms with Gasteiger partial charge in [-0.15, -0.1) is 0 Å². The van der Waals surface area contributed by atoms with Crippen LogP contribution in [0.1, 0.15) is 30.7 Å². The number of nitrogens with zero attached hydrogens (tertiary/aromatic N) is 1. The molecule has 2 aromatic carbocycles. The maximum absolute atomic E-state index is 13.4. The summed E-state index contributed by atoms with van der Waals surface area (Å²) in [6.07, 6.45) is 2.03. The molecule has 0 bridgehead atoms. The van der Waals surface area contributed by atoms with Crippen molar-refractivity contribution in [2.45, 2.75) is 36.1 Å². The Kier molecular flexibility index (Phi) is 5.40. The van der Waals surface area contributed by atoms with Crippen LogP contribution in [-0.4, -0.2) is 38.4 Å². The first-order chi connectivity index (χ1) is 13.8. The van der Waals surface area contributed by atoms with Crippen LogP contribution in [-0.2, 0) is 14.8 Å². The van der Waals surface area contributed by atoms with E-state index in [1.807, 2.05) is 0 Å². The lowest BCUT2D eigenvalue weighted by Gasteiger charge is -2.33. The molecule has 2 fully saturated rings. The Morgan fingerprint density at radius 2 is 1.83 bits per heavy atom. The molecule has 29 heavy (non-hydrogen) atoms. The van der Waals surface area contributed by atoms with Gasteiger partial charge in [0, 0.05) is 25.0 Å². The fourth-order valence-electron chi connectivity index (χ4n) is 3.98. The predicted molar refractivity (Wildman–Crippen MR) is 104 cm³/mol. The summed E-state index contributed by atoms with van der Waals surface area (Å²) in [7, 11) is -3.86. The summed E-state index contributed by atoms with van der Waals surface area (Å²) < 4.78 is 54.1. The number of nitrogens with one attached hydrogen (secondary N) is 1. The number of piperidine rings is 1. The molecule has 5 nitrogen and oxygen atoms in total. The van der Waals surface area contributed by atoms with Gasteiger partial charge in [0.1, 0.15) is 11.6 Å². The molecule has 3 atom stereocenters. The maximum Gasteiger partial charge on any atom is 0.240 e. The molecular formula is C21H22F2N2O3S. The minimum atomic E-state index is -3.86. The molecule has 3 unspecified atom stereocenters. The molecule has 0 spiro atoms. The fraction of sp³-hybridized carbons (Fsp3) is 0.381. The second kappa shape index (κ2) is 7.84. The van der Waals surface area contributed by atoms with Gasteiger partial charge in [-0.25, -0.2) is 21.9 Å². The first-order valence-corrected chi connectivity index (χ1v) is 11.1. The Labute approximate surface area is 168 Å². The van der Waals surface area contributed by atoms with Gasteiger partial charge < -0.3 is 4.90 Å². The van der Waals surface area contributed by atoms with Gasteiger partial charge in [-0.05, 0) is 61.1 Å². The highest BCUT2D eigenvalue weighted by molar-refractivity contribution is 7.89. The molecule has 154 valence electrons. The van der Waals surface area contributed by atoms with Crippen molar-refractivity contribution >= 4 is 15.9 Å². The number of sulfonamides is 1. The van der Waals surface area contributed by atoms with E-state index in [2.05, 4.69) is 4.72 Å². The molecule has 1 N–H and O–H groups in total. The van der Waals surface area contributed by atoms with Crippen molar-refractivity contribution in [3.63, 3.8) is 0 Å². The SMILES string of the molecule is O=C(C1CC1c1ccc(F)cc1)N1CCCC(NS(=O)(=O)c2cccc(F)c2)C1. The highest BCUT2D eigenvalue weighted by Crippen LogP contribution is 2.48. The first kappa shape index (κ1) is 20.0. The molecular weight excluding hydrogens is 398 g/mol. The lowest BCUT2D eigenvalue weighted by atomic mass is 10.0. The molecule has 1 amide bonds. The van der Waals surface area contributed by atoms with E-state index < -0.39 is 21.9 Å². The monoisotopic (exact) mass is 420 g/mol. The molecule has 1 heterocycles. The molecule has 1 saturated heterocycles.